The summed E-state index contributed by atoms with van der Waals surface area (Å²) in [6.45, 7) is 10.5. The average Bonchev–Trinajstić information content (AvgIpc) is 3.52. The predicted molar refractivity (Wildman–Crippen MR) is 142 cm³/mol. The Kier molecular flexibility index (Phi) is 7.45. The Balaban J connectivity index is 1.31. The van der Waals surface area contributed by atoms with Crippen molar-refractivity contribution >= 4 is 11.3 Å². The molecule has 0 amide bonds. The van der Waals surface area contributed by atoms with E-state index in [4.69, 9.17) is 9.72 Å². The first-order chi connectivity index (χ1) is 17.1. The standard InChI is InChI=1S/C28H33N5OS/c1-19(2)34-26-9-6-20(16-21(26)17-29)28-32-18-27(35-28)24-5-3-4-23-22(24)7-8-25(23)31-12-15-33-13-10-30-11-14-33/h3-6,9,16,18-19,25,30-31H,7-8,10-15H2,1-2H3. The molecule has 7 heteroatoms. The topological polar surface area (TPSA) is 73.2 Å². The van der Waals surface area contributed by atoms with E-state index in [0.717, 1.165) is 62.7 Å². The van der Waals surface area contributed by atoms with Gasteiger partial charge >= 0.3 is 0 Å². The number of nitriles is 1. The molecule has 3 aromatic rings. The molecule has 1 atom stereocenters. The molecule has 5 rings (SSSR count). The molecule has 2 heterocycles. The van der Waals surface area contributed by atoms with Crippen LogP contribution in [0.5, 0.6) is 5.75 Å². The number of rotatable bonds is 8. The van der Waals surface area contributed by atoms with Gasteiger partial charge in [-0.1, -0.05) is 18.2 Å². The van der Waals surface area contributed by atoms with Gasteiger partial charge in [-0.05, 0) is 61.6 Å². The SMILES string of the molecule is CC(C)Oc1ccc(-c2ncc(-c3cccc4c3CCC4NCCN3CCNCC3)s2)cc1C#N. The van der Waals surface area contributed by atoms with Gasteiger partial charge in [-0.3, -0.25) is 4.90 Å². The molecular weight excluding hydrogens is 454 g/mol. The molecule has 2 aliphatic rings. The van der Waals surface area contributed by atoms with Gasteiger partial charge in [0.25, 0.3) is 0 Å². The number of thiazole rings is 1. The van der Waals surface area contributed by atoms with Crippen LogP contribution in [0, 0.1) is 11.3 Å². The summed E-state index contributed by atoms with van der Waals surface area (Å²) in [7, 11) is 0. The monoisotopic (exact) mass is 487 g/mol. The highest BCUT2D eigenvalue weighted by Gasteiger charge is 2.25. The second kappa shape index (κ2) is 10.9. The Morgan fingerprint density at radius 3 is 2.91 bits per heavy atom. The number of nitrogens with zero attached hydrogens (tertiary/aromatic N) is 3. The third-order valence-electron chi connectivity index (χ3n) is 6.78. The van der Waals surface area contributed by atoms with Gasteiger partial charge < -0.3 is 15.4 Å². The fraction of sp³-hybridized carbons (Fsp3) is 0.429. The molecular formula is C28H33N5OS. The minimum absolute atomic E-state index is 0.0278. The molecule has 0 bridgehead atoms. The van der Waals surface area contributed by atoms with Crippen molar-refractivity contribution in [3.8, 4) is 32.8 Å². The Hall–Kier alpha value is -2.76. The Bertz CT molecular complexity index is 1210. The number of piperazine rings is 1. The molecule has 1 aliphatic carbocycles. The minimum atomic E-state index is 0.0278. The normalized spacial score (nSPS) is 17.9. The highest BCUT2D eigenvalue weighted by molar-refractivity contribution is 7.18. The van der Waals surface area contributed by atoms with Gasteiger partial charge in [0.1, 0.15) is 16.8 Å². The molecule has 1 unspecified atom stereocenters. The highest BCUT2D eigenvalue weighted by Crippen LogP contribution is 2.41. The first kappa shape index (κ1) is 24.0. The third-order valence-corrected chi connectivity index (χ3v) is 7.86. The number of nitrogens with one attached hydrogen (secondary N) is 2. The maximum absolute atomic E-state index is 9.59. The van der Waals surface area contributed by atoms with Crippen LogP contribution in [0.1, 0.15) is 43.0 Å². The number of hydrogen-bond acceptors (Lipinski definition) is 7. The van der Waals surface area contributed by atoms with Crippen molar-refractivity contribution in [2.24, 2.45) is 0 Å². The first-order valence-corrected chi connectivity index (χ1v) is 13.4. The Morgan fingerprint density at radius 2 is 2.11 bits per heavy atom. The van der Waals surface area contributed by atoms with E-state index in [-0.39, 0.29) is 6.10 Å². The maximum atomic E-state index is 9.59. The molecule has 0 radical (unpaired) electrons. The third kappa shape index (κ3) is 5.41. The van der Waals surface area contributed by atoms with Crippen LogP contribution in [0.3, 0.4) is 0 Å². The van der Waals surface area contributed by atoms with E-state index in [1.54, 1.807) is 11.3 Å². The molecule has 1 aliphatic heterocycles. The molecule has 182 valence electrons. The fourth-order valence-electron chi connectivity index (χ4n) is 5.07. The van der Waals surface area contributed by atoms with Crippen molar-refractivity contribution in [3.05, 3.63) is 59.3 Å². The van der Waals surface area contributed by atoms with Crippen LogP contribution in [0.25, 0.3) is 21.0 Å². The van der Waals surface area contributed by atoms with Crippen molar-refractivity contribution in [1.29, 1.82) is 5.26 Å². The van der Waals surface area contributed by atoms with E-state index in [1.165, 1.54) is 21.6 Å². The maximum Gasteiger partial charge on any atom is 0.137 e. The number of hydrogen-bond donors (Lipinski definition) is 2. The summed E-state index contributed by atoms with van der Waals surface area (Å²) in [5, 5.41) is 17.7. The number of ether oxygens (including phenoxy) is 1. The molecule has 2 N–H and O–H groups in total. The van der Waals surface area contributed by atoms with E-state index >= 15 is 0 Å². The van der Waals surface area contributed by atoms with Crippen LogP contribution in [-0.2, 0) is 6.42 Å². The largest absolute Gasteiger partial charge is 0.490 e. The summed E-state index contributed by atoms with van der Waals surface area (Å²) in [5.41, 5.74) is 5.66. The van der Waals surface area contributed by atoms with Crippen LogP contribution in [-0.4, -0.2) is 55.3 Å². The summed E-state index contributed by atoms with van der Waals surface area (Å²) in [6.07, 6.45) is 4.23. The molecule has 6 nitrogen and oxygen atoms in total. The van der Waals surface area contributed by atoms with E-state index < -0.39 is 0 Å². The predicted octanol–water partition coefficient (Wildman–Crippen LogP) is 4.62. The zero-order valence-electron chi connectivity index (χ0n) is 20.5. The lowest BCUT2D eigenvalue weighted by Crippen LogP contribution is -2.45. The van der Waals surface area contributed by atoms with Gasteiger partial charge in [0.05, 0.1) is 16.5 Å². The van der Waals surface area contributed by atoms with Crippen molar-refractivity contribution in [2.75, 3.05) is 39.3 Å². The van der Waals surface area contributed by atoms with Gasteiger partial charge in [-0.25, -0.2) is 4.98 Å². The average molecular weight is 488 g/mol. The van der Waals surface area contributed by atoms with E-state index in [1.807, 2.05) is 38.2 Å². The lowest BCUT2D eigenvalue weighted by Gasteiger charge is -2.27. The first-order valence-electron chi connectivity index (χ1n) is 12.6. The molecule has 35 heavy (non-hydrogen) atoms. The van der Waals surface area contributed by atoms with Crippen LogP contribution in [0.2, 0.25) is 0 Å². The Labute approximate surface area is 212 Å². The number of fused-ring (bicyclic) bond motifs is 1. The summed E-state index contributed by atoms with van der Waals surface area (Å²) in [6, 6.07) is 15.1. The van der Waals surface area contributed by atoms with Crippen LogP contribution >= 0.6 is 11.3 Å². The van der Waals surface area contributed by atoms with Gasteiger partial charge in [0.15, 0.2) is 0 Å². The van der Waals surface area contributed by atoms with Crippen LogP contribution < -0.4 is 15.4 Å². The summed E-state index contributed by atoms with van der Waals surface area (Å²) < 4.78 is 5.77. The summed E-state index contributed by atoms with van der Waals surface area (Å²) in [4.78, 5) is 8.43. The molecule has 1 saturated heterocycles. The summed E-state index contributed by atoms with van der Waals surface area (Å²) in [5.74, 6) is 0.624. The smallest absolute Gasteiger partial charge is 0.137 e. The van der Waals surface area contributed by atoms with Crippen molar-refractivity contribution in [1.82, 2.24) is 20.5 Å². The lowest BCUT2D eigenvalue weighted by molar-refractivity contribution is 0.238. The van der Waals surface area contributed by atoms with Crippen molar-refractivity contribution < 1.29 is 4.74 Å². The number of aromatic nitrogens is 1. The van der Waals surface area contributed by atoms with Gasteiger partial charge in [-0.15, -0.1) is 11.3 Å². The minimum Gasteiger partial charge on any atom is -0.490 e. The second-order valence-corrected chi connectivity index (χ2v) is 10.6. The summed E-state index contributed by atoms with van der Waals surface area (Å²) >= 11 is 1.69. The molecule has 0 saturated carbocycles. The van der Waals surface area contributed by atoms with E-state index in [2.05, 4.69) is 39.8 Å². The zero-order valence-corrected chi connectivity index (χ0v) is 21.3. The van der Waals surface area contributed by atoms with Crippen molar-refractivity contribution in [2.45, 2.75) is 38.8 Å². The Morgan fingerprint density at radius 1 is 1.26 bits per heavy atom. The van der Waals surface area contributed by atoms with Gasteiger partial charge in [-0.2, -0.15) is 5.26 Å². The quantitative estimate of drug-likeness (QED) is 0.483. The zero-order chi connectivity index (χ0) is 24.2. The molecule has 2 aromatic carbocycles. The van der Waals surface area contributed by atoms with Gasteiger partial charge in [0.2, 0.25) is 0 Å². The van der Waals surface area contributed by atoms with E-state index in [9.17, 15) is 5.26 Å². The van der Waals surface area contributed by atoms with Crippen LogP contribution in [0.15, 0.2) is 42.6 Å². The molecule has 1 aromatic heterocycles. The second-order valence-electron chi connectivity index (χ2n) is 9.53. The highest BCUT2D eigenvalue weighted by atomic mass is 32.1. The molecule has 1 fully saturated rings. The van der Waals surface area contributed by atoms with Crippen molar-refractivity contribution in [3.63, 3.8) is 0 Å². The number of benzene rings is 2. The molecule has 0 spiro atoms. The fourth-order valence-corrected chi connectivity index (χ4v) is 6.03. The van der Waals surface area contributed by atoms with Gasteiger partial charge in [0, 0.05) is 57.1 Å². The van der Waals surface area contributed by atoms with E-state index in [0.29, 0.717) is 17.4 Å². The lowest BCUT2D eigenvalue weighted by atomic mass is 10.0. The van der Waals surface area contributed by atoms with Crippen LogP contribution in [0.4, 0.5) is 0 Å².